The molecule has 1 unspecified atom stereocenters. The minimum atomic E-state index is -0.635. The Kier molecular flexibility index (Phi) is 6.63. The van der Waals surface area contributed by atoms with Crippen LogP contribution in [0.3, 0.4) is 0 Å². The van der Waals surface area contributed by atoms with E-state index >= 15 is 0 Å². The molecule has 2 heterocycles. The van der Waals surface area contributed by atoms with Crippen LogP contribution >= 0.6 is 23.1 Å². The van der Waals surface area contributed by atoms with E-state index in [0.29, 0.717) is 16.2 Å². The highest BCUT2D eigenvalue weighted by Crippen LogP contribution is 2.35. The molecule has 0 spiro atoms. The standard InChI is InChI=1S/C24H28N4O3S2/c1-14(19(29)25-22(31)27-24(2,3)4)32-23-26-20-18(16-12-8-9-13-17(16)33-20)21(30)28(23)15-10-6-5-7-11-15/h5-7,10-11,14H,8-9,12-13H2,1-4H3,(H2,25,27,29,31). The molecule has 0 saturated heterocycles. The third-order valence-corrected chi connectivity index (χ3v) is 7.59. The van der Waals surface area contributed by atoms with Gasteiger partial charge in [0.05, 0.1) is 16.3 Å². The van der Waals surface area contributed by atoms with Gasteiger partial charge in [-0.15, -0.1) is 11.3 Å². The fraction of sp³-hybridized carbons (Fsp3) is 0.417. The molecule has 1 aliphatic carbocycles. The van der Waals surface area contributed by atoms with Crippen LogP contribution in [-0.4, -0.2) is 32.3 Å². The Hall–Kier alpha value is -2.65. The first-order valence-corrected chi connectivity index (χ1v) is 12.8. The van der Waals surface area contributed by atoms with E-state index < -0.39 is 22.7 Å². The Balaban J connectivity index is 1.71. The van der Waals surface area contributed by atoms with Crippen molar-refractivity contribution in [2.75, 3.05) is 0 Å². The normalized spacial score (nSPS) is 14.5. The van der Waals surface area contributed by atoms with Crippen molar-refractivity contribution < 1.29 is 9.59 Å². The number of nitrogens with one attached hydrogen (secondary N) is 2. The van der Waals surface area contributed by atoms with E-state index in [1.807, 2.05) is 51.1 Å². The monoisotopic (exact) mass is 484 g/mol. The first kappa shape index (κ1) is 23.5. The van der Waals surface area contributed by atoms with Crippen molar-refractivity contribution in [3.05, 3.63) is 51.1 Å². The van der Waals surface area contributed by atoms with E-state index in [0.717, 1.165) is 36.1 Å². The number of para-hydroxylation sites is 1. The van der Waals surface area contributed by atoms with E-state index in [4.69, 9.17) is 4.98 Å². The van der Waals surface area contributed by atoms with Crippen molar-refractivity contribution in [1.29, 1.82) is 0 Å². The molecular weight excluding hydrogens is 456 g/mol. The quantitative estimate of drug-likeness (QED) is 0.422. The Morgan fingerprint density at radius 1 is 1.15 bits per heavy atom. The number of carbonyl (C=O) groups is 2. The Labute approximate surface area is 201 Å². The summed E-state index contributed by atoms with van der Waals surface area (Å²) in [5.74, 6) is -0.443. The van der Waals surface area contributed by atoms with Crippen LogP contribution in [0, 0.1) is 0 Å². The first-order valence-electron chi connectivity index (χ1n) is 11.1. The molecule has 3 amide bonds. The van der Waals surface area contributed by atoms with Crippen LogP contribution in [-0.2, 0) is 17.6 Å². The van der Waals surface area contributed by atoms with Gasteiger partial charge in [-0.1, -0.05) is 30.0 Å². The number of aromatic nitrogens is 2. The largest absolute Gasteiger partial charge is 0.333 e. The zero-order valence-electron chi connectivity index (χ0n) is 19.2. The number of urea groups is 1. The number of hydrogen-bond acceptors (Lipinski definition) is 6. The van der Waals surface area contributed by atoms with Crippen molar-refractivity contribution in [2.45, 2.75) is 69.3 Å². The van der Waals surface area contributed by atoms with E-state index in [-0.39, 0.29) is 5.56 Å². The number of thiophene rings is 1. The molecule has 2 N–H and O–H groups in total. The number of thioether (sulfide) groups is 1. The van der Waals surface area contributed by atoms with Crippen molar-refractivity contribution >= 4 is 45.3 Å². The molecule has 2 aromatic heterocycles. The van der Waals surface area contributed by atoms with Crippen LogP contribution in [0.15, 0.2) is 40.3 Å². The summed E-state index contributed by atoms with van der Waals surface area (Å²) in [7, 11) is 0. The molecule has 33 heavy (non-hydrogen) atoms. The molecule has 0 aliphatic heterocycles. The number of fused-ring (bicyclic) bond motifs is 3. The maximum absolute atomic E-state index is 13.7. The predicted octanol–water partition coefficient (Wildman–Crippen LogP) is 4.43. The lowest BCUT2D eigenvalue weighted by Crippen LogP contribution is -2.49. The molecule has 7 nitrogen and oxygen atoms in total. The second kappa shape index (κ2) is 9.30. The molecule has 1 aromatic carbocycles. The fourth-order valence-electron chi connectivity index (χ4n) is 3.87. The average Bonchev–Trinajstić information content (AvgIpc) is 3.11. The molecular formula is C24H28N4O3S2. The minimum absolute atomic E-state index is 0.105. The molecule has 0 radical (unpaired) electrons. The SMILES string of the molecule is CC(Sc1nc2sc3c(c2c(=O)n1-c1ccccc1)CCCC3)C(=O)NC(=O)NC(C)(C)C. The highest BCUT2D eigenvalue weighted by molar-refractivity contribution is 8.00. The van der Waals surface area contributed by atoms with Crippen LogP contribution < -0.4 is 16.2 Å². The lowest BCUT2D eigenvalue weighted by atomic mass is 9.97. The summed E-state index contributed by atoms with van der Waals surface area (Å²) in [6.45, 7) is 7.23. The molecule has 0 bridgehead atoms. The number of rotatable bonds is 4. The molecule has 1 aliphatic rings. The Morgan fingerprint density at radius 3 is 2.55 bits per heavy atom. The second-order valence-corrected chi connectivity index (χ2v) is 11.6. The highest BCUT2D eigenvalue weighted by atomic mass is 32.2. The van der Waals surface area contributed by atoms with Crippen molar-refractivity contribution in [3.8, 4) is 5.69 Å². The van der Waals surface area contributed by atoms with Gasteiger partial charge in [0.25, 0.3) is 5.56 Å². The number of carbonyl (C=O) groups excluding carboxylic acids is 2. The molecule has 9 heteroatoms. The molecule has 4 rings (SSSR count). The topological polar surface area (TPSA) is 93.1 Å². The smallest absolute Gasteiger partial charge is 0.321 e. The van der Waals surface area contributed by atoms with Crippen molar-refractivity contribution in [3.63, 3.8) is 0 Å². The minimum Gasteiger partial charge on any atom is -0.333 e. The zero-order chi connectivity index (χ0) is 23.8. The average molecular weight is 485 g/mol. The van der Waals surface area contributed by atoms with Crippen LogP contribution in [0.25, 0.3) is 15.9 Å². The summed E-state index contributed by atoms with van der Waals surface area (Å²) in [6.07, 6.45) is 4.08. The molecule has 0 saturated carbocycles. The zero-order valence-corrected chi connectivity index (χ0v) is 20.9. The van der Waals surface area contributed by atoms with Gasteiger partial charge < -0.3 is 5.32 Å². The van der Waals surface area contributed by atoms with Gasteiger partial charge in [-0.05, 0) is 71.1 Å². The molecule has 1 atom stereocenters. The van der Waals surface area contributed by atoms with Gasteiger partial charge in [-0.25, -0.2) is 9.78 Å². The van der Waals surface area contributed by atoms with Crippen molar-refractivity contribution in [2.24, 2.45) is 0 Å². The third-order valence-electron chi connectivity index (χ3n) is 5.35. The maximum atomic E-state index is 13.7. The Morgan fingerprint density at radius 2 is 1.85 bits per heavy atom. The van der Waals surface area contributed by atoms with E-state index in [1.165, 1.54) is 16.6 Å². The number of nitrogens with zero attached hydrogens (tertiary/aromatic N) is 2. The van der Waals surface area contributed by atoms with E-state index in [2.05, 4.69) is 10.6 Å². The number of hydrogen-bond donors (Lipinski definition) is 2. The summed E-state index contributed by atoms with van der Waals surface area (Å²) >= 11 is 2.76. The second-order valence-electron chi connectivity index (χ2n) is 9.21. The lowest BCUT2D eigenvalue weighted by Gasteiger charge is -2.21. The van der Waals surface area contributed by atoms with Crippen LogP contribution in [0.2, 0.25) is 0 Å². The summed E-state index contributed by atoms with van der Waals surface area (Å²) < 4.78 is 1.59. The van der Waals surface area contributed by atoms with Gasteiger partial charge >= 0.3 is 6.03 Å². The van der Waals surface area contributed by atoms with Crippen LogP contribution in [0.5, 0.6) is 0 Å². The fourth-order valence-corrected chi connectivity index (χ4v) is 6.10. The lowest BCUT2D eigenvalue weighted by molar-refractivity contribution is -0.119. The van der Waals surface area contributed by atoms with E-state index in [9.17, 15) is 14.4 Å². The van der Waals surface area contributed by atoms with Gasteiger partial charge in [0, 0.05) is 10.4 Å². The first-order chi connectivity index (χ1) is 15.6. The number of amides is 3. The van der Waals surface area contributed by atoms with Crippen LogP contribution in [0.1, 0.15) is 51.0 Å². The number of aryl methyl sites for hydroxylation is 2. The summed E-state index contributed by atoms with van der Waals surface area (Å²) in [4.78, 5) is 45.4. The van der Waals surface area contributed by atoms with Gasteiger partial charge in [0.2, 0.25) is 5.91 Å². The highest BCUT2D eigenvalue weighted by Gasteiger charge is 2.26. The predicted molar refractivity (Wildman–Crippen MR) is 134 cm³/mol. The van der Waals surface area contributed by atoms with Crippen LogP contribution in [0.4, 0.5) is 4.79 Å². The van der Waals surface area contributed by atoms with Gasteiger partial charge in [-0.2, -0.15) is 0 Å². The summed E-state index contributed by atoms with van der Waals surface area (Å²) in [5.41, 5.74) is 1.27. The number of imide groups is 1. The third kappa shape index (κ3) is 5.14. The molecule has 3 aromatic rings. The molecule has 174 valence electrons. The van der Waals surface area contributed by atoms with Gasteiger partial charge in [0.15, 0.2) is 5.16 Å². The van der Waals surface area contributed by atoms with Crippen molar-refractivity contribution in [1.82, 2.24) is 20.2 Å². The summed E-state index contributed by atoms with van der Waals surface area (Å²) in [6, 6.07) is 8.81. The number of benzene rings is 1. The Bertz CT molecular complexity index is 1260. The molecule has 0 fully saturated rings. The van der Waals surface area contributed by atoms with Gasteiger partial charge in [-0.3, -0.25) is 19.5 Å². The summed E-state index contributed by atoms with van der Waals surface area (Å²) in [5, 5.41) is 5.61. The van der Waals surface area contributed by atoms with Gasteiger partial charge in [0.1, 0.15) is 4.83 Å². The maximum Gasteiger partial charge on any atom is 0.321 e. The van der Waals surface area contributed by atoms with E-state index in [1.54, 1.807) is 22.8 Å².